The minimum absolute atomic E-state index is 0.0625. The summed E-state index contributed by atoms with van der Waals surface area (Å²) in [7, 11) is 0. The number of aromatic nitrogens is 2. The Labute approximate surface area is 126 Å². The van der Waals surface area contributed by atoms with E-state index in [0.717, 1.165) is 12.8 Å². The molecule has 5 nitrogen and oxygen atoms in total. The predicted octanol–water partition coefficient (Wildman–Crippen LogP) is 3.55. The van der Waals surface area contributed by atoms with Gasteiger partial charge in [-0.25, -0.2) is 13.8 Å². The fourth-order valence-corrected chi connectivity index (χ4v) is 2.23. The molecule has 1 aliphatic carbocycles. The molecule has 1 aliphatic rings. The molecule has 0 unspecified atom stereocenters. The number of hydrogen-bond donors (Lipinski definition) is 0. The molecule has 0 radical (unpaired) electrons. The number of hydrogen-bond acceptors (Lipinski definition) is 4. The summed E-state index contributed by atoms with van der Waals surface area (Å²) in [5, 5.41) is 0. The van der Waals surface area contributed by atoms with Gasteiger partial charge in [-0.3, -0.25) is 9.78 Å². The van der Waals surface area contributed by atoms with Crippen LogP contribution in [0.4, 0.5) is 14.5 Å². The first-order valence-electron chi connectivity index (χ1n) is 7.12. The number of alkyl halides is 2. The largest absolute Gasteiger partial charge is 0.435 e. The normalized spacial score (nSPS) is 14.4. The lowest BCUT2D eigenvalue weighted by atomic mass is 10.2. The van der Waals surface area contributed by atoms with Gasteiger partial charge in [-0.15, -0.1) is 0 Å². The monoisotopic (exact) mass is 307 g/mol. The highest BCUT2D eigenvalue weighted by Gasteiger charge is 2.35. The summed E-state index contributed by atoms with van der Waals surface area (Å²) in [5.41, 5.74) is -0.0474. The number of nitrogens with zero attached hydrogens (tertiary/aromatic N) is 3. The van der Waals surface area contributed by atoms with Crippen molar-refractivity contribution >= 4 is 11.6 Å². The van der Waals surface area contributed by atoms with Gasteiger partial charge in [0.1, 0.15) is 0 Å². The van der Waals surface area contributed by atoms with Crippen molar-refractivity contribution in [2.75, 3.05) is 11.4 Å². The van der Waals surface area contributed by atoms with Crippen LogP contribution in [0.3, 0.4) is 0 Å². The average Bonchev–Trinajstić information content (AvgIpc) is 3.27. The van der Waals surface area contributed by atoms with Crippen molar-refractivity contribution in [1.82, 2.24) is 9.97 Å². The molecule has 1 amide bonds. The molecule has 7 heteroatoms. The van der Waals surface area contributed by atoms with Crippen molar-refractivity contribution in [2.24, 2.45) is 0 Å². The smallest absolute Gasteiger partial charge is 0.296 e. The van der Waals surface area contributed by atoms with Gasteiger partial charge in [-0.2, -0.15) is 0 Å². The lowest BCUT2D eigenvalue weighted by Crippen LogP contribution is -2.31. The minimum Gasteiger partial charge on any atom is -0.435 e. The van der Waals surface area contributed by atoms with Crippen LogP contribution in [0.1, 0.15) is 54.2 Å². The van der Waals surface area contributed by atoms with Crippen LogP contribution in [-0.4, -0.2) is 22.4 Å². The van der Waals surface area contributed by atoms with Crippen LogP contribution in [0.15, 0.2) is 28.9 Å². The van der Waals surface area contributed by atoms with Crippen molar-refractivity contribution < 1.29 is 18.0 Å². The summed E-state index contributed by atoms with van der Waals surface area (Å²) in [6.07, 6.45) is 1.95. The Bertz CT molecular complexity index is 669. The SMILES string of the molecule is CCN(C(=O)c1oc(C2CC2)nc1C(F)F)c1cccnc1. The Morgan fingerprint density at radius 1 is 1.50 bits per heavy atom. The van der Waals surface area contributed by atoms with E-state index in [4.69, 9.17) is 4.42 Å². The second-order valence-electron chi connectivity index (χ2n) is 5.10. The van der Waals surface area contributed by atoms with Crippen molar-refractivity contribution in [2.45, 2.75) is 32.1 Å². The zero-order valence-corrected chi connectivity index (χ0v) is 12.0. The van der Waals surface area contributed by atoms with E-state index in [9.17, 15) is 13.6 Å². The van der Waals surface area contributed by atoms with Gasteiger partial charge in [0, 0.05) is 18.7 Å². The standard InChI is InChI=1S/C15H15F2N3O2/c1-2-20(10-4-3-7-18-8-10)15(21)12-11(13(16)17)19-14(22-12)9-5-6-9/h3-4,7-9,13H,2,5-6H2,1H3. The zero-order valence-electron chi connectivity index (χ0n) is 12.0. The topological polar surface area (TPSA) is 59.2 Å². The fourth-order valence-electron chi connectivity index (χ4n) is 2.23. The molecule has 1 fully saturated rings. The van der Waals surface area contributed by atoms with Crippen molar-refractivity contribution in [3.63, 3.8) is 0 Å². The number of amides is 1. The average molecular weight is 307 g/mol. The third-order valence-corrected chi connectivity index (χ3v) is 3.52. The molecule has 0 aliphatic heterocycles. The molecular formula is C15H15F2N3O2. The summed E-state index contributed by atoms with van der Waals surface area (Å²) in [6.45, 7) is 2.07. The number of rotatable bonds is 5. The lowest BCUT2D eigenvalue weighted by molar-refractivity contribution is 0.0940. The van der Waals surface area contributed by atoms with E-state index in [1.165, 1.54) is 11.1 Å². The summed E-state index contributed by atoms with van der Waals surface area (Å²) < 4.78 is 31.7. The quantitative estimate of drug-likeness (QED) is 0.847. The van der Waals surface area contributed by atoms with Gasteiger partial charge in [0.25, 0.3) is 12.3 Å². The molecule has 116 valence electrons. The molecule has 0 saturated heterocycles. The molecule has 2 heterocycles. The summed E-state index contributed by atoms with van der Waals surface area (Å²) in [4.78, 5) is 21.7. The summed E-state index contributed by atoms with van der Waals surface area (Å²) in [6, 6.07) is 3.37. The highest BCUT2D eigenvalue weighted by atomic mass is 19.3. The first kappa shape index (κ1) is 14.6. The van der Waals surface area contributed by atoms with Crippen LogP contribution >= 0.6 is 0 Å². The lowest BCUT2D eigenvalue weighted by Gasteiger charge is -2.19. The van der Waals surface area contributed by atoms with Crippen LogP contribution in [0.25, 0.3) is 0 Å². The Hall–Kier alpha value is -2.31. The summed E-state index contributed by atoms with van der Waals surface area (Å²) >= 11 is 0. The van der Waals surface area contributed by atoms with Gasteiger partial charge in [0.05, 0.1) is 11.9 Å². The van der Waals surface area contributed by atoms with E-state index in [1.807, 2.05) is 0 Å². The van der Waals surface area contributed by atoms with Crippen LogP contribution in [0, 0.1) is 0 Å². The zero-order chi connectivity index (χ0) is 15.7. The molecule has 0 spiro atoms. The Morgan fingerprint density at radius 3 is 2.82 bits per heavy atom. The molecule has 1 saturated carbocycles. The number of pyridine rings is 1. The van der Waals surface area contributed by atoms with Crippen molar-refractivity contribution in [3.8, 4) is 0 Å². The van der Waals surface area contributed by atoms with E-state index in [0.29, 0.717) is 12.2 Å². The Morgan fingerprint density at radius 2 is 2.27 bits per heavy atom. The summed E-state index contributed by atoms with van der Waals surface area (Å²) in [5.74, 6) is -0.693. The fraction of sp³-hybridized carbons (Fsp3) is 0.400. The number of carbonyl (C=O) groups excluding carboxylic acids is 1. The molecule has 0 N–H and O–H groups in total. The highest BCUT2D eigenvalue weighted by Crippen LogP contribution is 2.41. The highest BCUT2D eigenvalue weighted by molar-refractivity contribution is 6.04. The first-order chi connectivity index (χ1) is 10.6. The minimum atomic E-state index is -2.84. The van der Waals surface area contributed by atoms with Crippen LogP contribution in [-0.2, 0) is 0 Å². The van der Waals surface area contributed by atoms with E-state index < -0.39 is 18.0 Å². The van der Waals surface area contributed by atoms with E-state index >= 15 is 0 Å². The van der Waals surface area contributed by atoms with Gasteiger partial charge in [0.15, 0.2) is 11.6 Å². The molecule has 22 heavy (non-hydrogen) atoms. The second kappa shape index (κ2) is 5.82. The number of halogens is 2. The Balaban J connectivity index is 1.96. The molecule has 2 aromatic rings. The third kappa shape index (κ3) is 2.70. The second-order valence-corrected chi connectivity index (χ2v) is 5.10. The molecule has 0 aromatic carbocycles. The maximum atomic E-state index is 13.1. The number of oxazole rings is 1. The predicted molar refractivity (Wildman–Crippen MR) is 75.0 cm³/mol. The van der Waals surface area contributed by atoms with Crippen LogP contribution in [0.5, 0.6) is 0 Å². The van der Waals surface area contributed by atoms with Gasteiger partial charge in [0.2, 0.25) is 5.76 Å². The maximum absolute atomic E-state index is 13.1. The van der Waals surface area contributed by atoms with E-state index in [2.05, 4.69) is 9.97 Å². The van der Waals surface area contributed by atoms with Gasteiger partial charge < -0.3 is 9.32 Å². The molecule has 0 bridgehead atoms. The van der Waals surface area contributed by atoms with Crippen molar-refractivity contribution in [3.05, 3.63) is 41.9 Å². The third-order valence-electron chi connectivity index (χ3n) is 3.52. The van der Waals surface area contributed by atoms with Gasteiger partial charge in [-0.05, 0) is 31.9 Å². The van der Waals surface area contributed by atoms with Crippen LogP contribution in [0.2, 0.25) is 0 Å². The molecule has 2 aromatic heterocycles. The van der Waals surface area contributed by atoms with E-state index in [-0.39, 0.29) is 17.6 Å². The van der Waals surface area contributed by atoms with Crippen molar-refractivity contribution in [1.29, 1.82) is 0 Å². The number of carbonyl (C=O) groups is 1. The van der Waals surface area contributed by atoms with Gasteiger partial charge >= 0.3 is 0 Å². The molecule has 0 atom stereocenters. The van der Waals surface area contributed by atoms with Crippen LogP contribution < -0.4 is 4.90 Å². The molecule has 3 rings (SSSR count). The Kier molecular flexibility index (Phi) is 3.87. The first-order valence-corrected chi connectivity index (χ1v) is 7.12. The number of anilines is 1. The molecular weight excluding hydrogens is 292 g/mol. The van der Waals surface area contributed by atoms with Gasteiger partial charge in [-0.1, -0.05) is 0 Å². The maximum Gasteiger partial charge on any atom is 0.296 e. The van der Waals surface area contributed by atoms with E-state index in [1.54, 1.807) is 25.3 Å².